The molecule has 0 saturated carbocycles. The SMILES string of the molecule is CCC(=O)/C=C1/CN(C)Cc2cc(OC)c(OC)cc21. The van der Waals surface area contributed by atoms with Gasteiger partial charge < -0.3 is 9.47 Å². The predicted octanol–water partition coefficient (Wildman–Crippen LogP) is 2.51. The van der Waals surface area contributed by atoms with E-state index in [2.05, 4.69) is 4.90 Å². The van der Waals surface area contributed by atoms with Crippen LogP contribution >= 0.6 is 0 Å². The van der Waals surface area contributed by atoms with Gasteiger partial charge in [-0.2, -0.15) is 0 Å². The van der Waals surface area contributed by atoms with Crippen LogP contribution in [0.25, 0.3) is 5.57 Å². The van der Waals surface area contributed by atoms with Crippen LogP contribution in [0, 0.1) is 0 Å². The molecule has 0 spiro atoms. The van der Waals surface area contributed by atoms with Crippen LogP contribution in [-0.2, 0) is 11.3 Å². The number of carbonyl (C=O) groups excluding carboxylic acids is 1. The van der Waals surface area contributed by atoms with Gasteiger partial charge in [0.25, 0.3) is 0 Å². The number of carbonyl (C=O) groups is 1. The average Bonchev–Trinajstić information content (AvgIpc) is 2.45. The van der Waals surface area contributed by atoms with Crippen LogP contribution in [0.1, 0.15) is 24.5 Å². The van der Waals surface area contributed by atoms with Crippen LogP contribution in [0.15, 0.2) is 18.2 Å². The largest absolute Gasteiger partial charge is 0.493 e. The van der Waals surface area contributed by atoms with E-state index >= 15 is 0 Å². The first-order chi connectivity index (χ1) is 9.58. The topological polar surface area (TPSA) is 38.8 Å². The van der Waals surface area contributed by atoms with Crippen molar-refractivity contribution in [1.82, 2.24) is 4.90 Å². The summed E-state index contributed by atoms with van der Waals surface area (Å²) in [5.74, 6) is 1.57. The summed E-state index contributed by atoms with van der Waals surface area (Å²) in [6.45, 7) is 3.49. The van der Waals surface area contributed by atoms with Crippen molar-refractivity contribution in [2.24, 2.45) is 0 Å². The van der Waals surface area contributed by atoms with Gasteiger partial charge in [-0.1, -0.05) is 6.92 Å². The Labute approximate surface area is 120 Å². The first-order valence-electron chi connectivity index (χ1n) is 6.76. The second-order valence-electron chi connectivity index (χ2n) is 5.03. The standard InChI is InChI=1S/C16H21NO3/c1-5-13(18)6-11-9-17(2)10-12-7-15(19-3)16(20-4)8-14(11)12/h6-8H,5,9-10H2,1-4H3/b11-6-. The van der Waals surface area contributed by atoms with E-state index in [0.717, 1.165) is 35.5 Å². The molecule has 20 heavy (non-hydrogen) atoms. The van der Waals surface area contributed by atoms with Gasteiger partial charge in [-0.15, -0.1) is 0 Å². The predicted molar refractivity (Wildman–Crippen MR) is 79.2 cm³/mol. The minimum absolute atomic E-state index is 0.149. The summed E-state index contributed by atoms with van der Waals surface area (Å²) in [4.78, 5) is 13.9. The summed E-state index contributed by atoms with van der Waals surface area (Å²) in [7, 11) is 5.30. The van der Waals surface area contributed by atoms with E-state index in [1.165, 1.54) is 0 Å². The van der Waals surface area contributed by atoms with E-state index in [1.54, 1.807) is 20.3 Å². The molecule has 1 heterocycles. The summed E-state index contributed by atoms with van der Waals surface area (Å²) in [5, 5.41) is 0. The molecule has 0 aromatic heterocycles. The van der Waals surface area contributed by atoms with Gasteiger partial charge >= 0.3 is 0 Å². The number of rotatable bonds is 4. The molecule has 0 radical (unpaired) electrons. The Bertz CT molecular complexity index is 549. The molecule has 108 valence electrons. The number of fused-ring (bicyclic) bond motifs is 1. The summed E-state index contributed by atoms with van der Waals surface area (Å²) in [6, 6.07) is 3.96. The van der Waals surface area contributed by atoms with Crippen molar-refractivity contribution in [1.29, 1.82) is 0 Å². The van der Waals surface area contributed by atoms with Crippen molar-refractivity contribution < 1.29 is 14.3 Å². The maximum Gasteiger partial charge on any atom is 0.161 e. The summed E-state index contributed by atoms with van der Waals surface area (Å²) in [5.41, 5.74) is 3.29. The van der Waals surface area contributed by atoms with Gasteiger partial charge in [0.2, 0.25) is 0 Å². The van der Waals surface area contributed by atoms with E-state index < -0.39 is 0 Å². The zero-order valence-electron chi connectivity index (χ0n) is 12.5. The third-order valence-electron chi connectivity index (χ3n) is 3.52. The molecule has 0 bridgehead atoms. The molecule has 0 N–H and O–H groups in total. The van der Waals surface area contributed by atoms with E-state index in [-0.39, 0.29) is 5.78 Å². The van der Waals surface area contributed by atoms with E-state index in [9.17, 15) is 4.79 Å². The number of likely N-dealkylation sites (N-methyl/N-ethyl adjacent to an activating group) is 1. The lowest BCUT2D eigenvalue weighted by atomic mass is 9.93. The Hall–Kier alpha value is -1.81. The lowest BCUT2D eigenvalue weighted by molar-refractivity contribution is -0.114. The highest BCUT2D eigenvalue weighted by atomic mass is 16.5. The molecular formula is C16H21NO3. The van der Waals surface area contributed by atoms with Crippen molar-refractivity contribution in [3.8, 4) is 11.5 Å². The fraction of sp³-hybridized carbons (Fsp3) is 0.438. The maximum absolute atomic E-state index is 11.7. The highest BCUT2D eigenvalue weighted by molar-refractivity contribution is 5.97. The van der Waals surface area contributed by atoms with Gasteiger partial charge in [0.1, 0.15) is 0 Å². The van der Waals surface area contributed by atoms with Crippen LogP contribution in [0.5, 0.6) is 11.5 Å². The Morgan fingerprint density at radius 2 is 1.90 bits per heavy atom. The second kappa shape index (κ2) is 6.09. The molecule has 0 aliphatic carbocycles. The number of ketones is 1. The molecule has 0 saturated heterocycles. The molecule has 4 nitrogen and oxygen atoms in total. The number of allylic oxidation sites excluding steroid dienone is 1. The molecule has 0 amide bonds. The third-order valence-corrected chi connectivity index (χ3v) is 3.52. The number of nitrogens with zero attached hydrogens (tertiary/aromatic N) is 1. The van der Waals surface area contributed by atoms with Gasteiger partial charge in [0.05, 0.1) is 14.2 Å². The molecule has 4 heteroatoms. The first kappa shape index (κ1) is 14.6. The smallest absolute Gasteiger partial charge is 0.161 e. The molecule has 1 aliphatic rings. The quantitative estimate of drug-likeness (QED) is 0.791. The van der Waals surface area contributed by atoms with Crippen molar-refractivity contribution in [3.05, 3.63) is 29.3 Å². The number of hydrogen-bond donors (Lipinski definition) is 0. The highest BCUT2D eigenvalue weighted by Gasteiger charge is 2.21. The van der Waals surface area contributed by atoms with Crippen molar-refractivity contribution in [3.63, 3.8) is 0 Å². The van der Waals surface area contributed by atoms with Gasteiger partial charge in [0, 0.05) is 19.5 Å². The number of methoxy groups -OCH3 is 2. The Morgan fingerprint density at radius 1 is 1.25 bits per heavy atom. The Kier molecular flexibility index (Phi) is 4.45. The summed E-state index contributed by atoms with van der Waals surface area (Å²) < 4.78 is 10.7. The van der Waals surface area contributed by atoms with Crippen LogP contribution < -0.4 is 9.47 Å². The molecule has 1 aromatic carbocycles. The molecule has 0 fully saturated rings. The lowest BCUT2D eigenvalue weighted by Crippen LogP contribution is -2.26. The van der Waals surface area contributed by atoms with Crippen LogP contribution in [0.4, 0.5) is 0 Å². The minimum Gasteiger partial charge on any atom is -0.493 e. The zero-order valence-corrected chi connectivity index (χ0v) is 12.5. The Morgan fingerprint density at radius 3 is 2.50 bits per heavy atom. The van der Waals surface area contributed by atoms with Gasteiger partial charge in [0.15, 0.2) is 17.3 Å². The second-order valence-corrected chi connectivity index (χ2v) is 5.03. The molecular weight excluding hydrogens is 254 g/mol. The lowest BCUT2D eigenvalue weighted by Gasteiger charge is -2.28. The van der Waals surface area contributed by atoms with Crippen molar-refractivity contribution in [2.45, 2.75) is 19.9 Å². The normalized spacial score (nSPS) is 16.9. The van der Waals surface area contributed by atoms with E-state index in [4.69, 9.17) is 9.47 Å². The van der Waals surface area contributed by atoms with Crippen LogP contribution in [-0.4, -0.2) is 38.5 Å². The Balaban J connectivity index is 2.53. The molecule has 2 rings (SSSR count). The summed E-state index contributed by atoms with van der Waals surface area (Å²) >= 11 is 0. The fourth-order valence-electron chi connectivity index (χ4n) is 2.49. The molecule has 0 atom stereocenters. The minimum atomic E-state index is 0.149. The fourth-order valence-corrected chi connectivity index (χ4v) is 2.49. The average molecular weight is 275 g/mol. The van der Waals surface area contributed by atoms with Gasteiger partial charge in [-0.25, -0.2) is 0 Å². The zero-order chi connectivity index (χ0) is 14.7. The number of benzene rings is 1. The number of ether oxygens (including phenoxy) is 2. The third kappa shape index (κ3) is 2.85. The maximum atomic E-state index is 11.7. The van der Waals surface area contributed by atoms with Crippen LogP contribution in [0.2, 0.25) is 0 Å². The van der Waals surface area contributed by atoms with Crippen molar-refractivity contribution in [2.75, 3.05) is 27.8 Å². The van der Waals surface area contributed by atoms with Gasteiger partial charge in [-0.3, -0.25) is 9.69 Å². The highest BCUT2D eigenvalue weighted by Crippen LogP contribution is 2.36. The molecule has 0 unspecified atom stereocenters. The van der Waals surface area contributed by atoms with Gasteiger partial charge in [-0.05, 0) is 42.0 Å². The van der Waals surface area contributed by atoms with Crippen molar-refractivity contribution >= 4 is 11.4 Å². The van der Waals surface area contributed by atoms with E-state index in [1.807, 2.05) is 26.1 Å². The van der Waals surface area contributed by atoms with Crippen LogP contribution in [0.3, 0.4) is 0 Å². The van der Waals surface area contributed by atoms with E-state index in [0.29, 0.717) is 12.2 Å². The molecule has 1 aromatic rings. The first-order valence-corrected chi connectivity index (χ1v) is 6.76. The number of hydrogen-bond acceptors (Lipinski definition) is 4. The molecule has 1 aliphatic heterocycles. The summed E-state index contributed by atoms with van der Waals surface area (Å²) in [6.07, 6.45) is 2.27. The monoisotopic (exact) mass is 275 g/mol.